The highest BCUT2D eigenvalue weighted by molar-refractivity contribution is 7.81. The fourth-order valence-electron chi connectivity index (χ4n) is 2.91. The van der Waals surface area contributed by atoms with Gasteiger partial charge in [-0.3, -0.25) is 19.2 Å². The van der Waals surface area contributed by atoms with Crippen molar-refractivity contribution >= 4 is 58.0 Å². The topological polar surface area (TPSA) is 202 Å². The zero-order chi connectivity index (χ0) is 24.0. The Kier molecular flexibility index (Phi) is 9.11. The van der Waals surface area contributed by atoms with E-state index >= 15 is 0 Å². The zero-order valence-corrected chi connectivity index (χ0v) is 18.1. The fourth-order valence-corrected chi connectivity index (χ4v) is 4.04. The molecular weight excluding hydrogens is 476 g/mol. The highest BCUT2D eigenvalue weighted by Gasteiger charge is 2.47. The first kappa shape index (κ1) is 25.7. The molecule has 0 aliphatic carbocycles. The van der Waals surface area contributed by atoms with Gasteiger partial charge < -0.3 is 18.6 Å². The van der Waals surface area contributed by atoms with Crippen LogP contribution < -0.4 is 0 Å². The molecular formula is C16H20N2O12S2. The third-order valence-corrected chi connectivity index (χ3v) is 6.26. The van der Waals surface area contributed by atoms with Gasteiger partial charge in [0.1, 0.15) is 10.5 Å². The van der Waals surface area contributed by atoms with Crippen LogP contribution in [-0.2, 0) is 50.8 Å². The number of ether oxygens (including phenoxy) is 2. The summed E-state index contributed by atoms with van der Waals surface area (Å²) in [5.74, 6) is -4.01. The Morgan fingerprint density at radius 2 is 1.09 bits per heavy atom. The number of hydrogen-bond donors (Lipinski definition) is 2. The molecule has 2 heterocycles. The van der Waals surface area contributed by atoms with Crippen LogP contribution >= 0.6 is 0 Å². The molecule has 2 aliphatic heterocycles. The van der Waals surface area contributed by atoms with Crippen molar-refractivity contribution in [1.29, 1.82) is 0 Å². The van der Waals surface area contributed by atoms with Gasteiger partial charge in [-0.2, -0.15) is 9.80 Å². The van der Waals surface area contributed by atoms with Crippen molar-refractivity contribution in [1.82, 2.24) is 9.80 Å². The SMILES string of the molecule is O=C1CC(S(=O)O)C(=O)N1C(=O)OCCCCCCOC(=O)N1C(=O)CC(S(=O)O)C1=O. The van der Waals surface area contributed by atoms with E-state index in [0.717, 1.165) is 0 Å². The Morgan fingerprint density at radius 3 is 1.38 bits per heavy atom. The van der Waals surface area contributed by atoms with Crippen LogP contribution in [-0.4, -0.2) is 86.9 Å². The number of unbranched alkanes of at least 4 members (excludes halogenated alkanes) is 3. The maximum Gasteiger partial charge on any atom is 0.423 e. The molecule has 6 amide bonds. The van der Waals surface area contributed by atoms with E-state index < -0.39 is 81.3 Å². The molecule has 0 spiro atoms. The second kappa shape index (κ2) is 11.3. The van der Waals surface area contributed by atoms with E-state index in [2.05, 4.69) is 0 Å². The highest BCUT2D eigenvalue weighted by atomic mass is 32.2. The molecule has 2 saturated heterocycles. The van der Waals surface area contributed by atoms with Gasteiger partial charge in [-0.15, -0.1) is 0 Å². The van der Waals surface area contributed by atoms with Gasteiger partial charge >= 0.3 is 12.2 Å². The van der Waals surface area contributed by atoms with Crippen LogP contribution in [0.4, 0.5) is 9.59 Å². The summed E-state index contributed by atoms with van der Waals surface area (Å²) >= 11 is -5.15. The lowest BCUT2D eigenvalue weighted by Gasteiger charge is -2.13. The molecule has 4 atom stereocenters. The van der Waals surface area contributed by atoms with Crippen LogP contribution in [0.2, 0.25) is 0 Å². The molecule has 14 nitrogen and oxygen atoms in total. The number of imide groups is 6. The summed E-state index contributed by atoms with van der Waals surface area (Å²) in [5, 5.41) is -2.97. The van der Waals surface area contributed by atoms with Crippen LogP contribution in [0, 0.1) is 0 Å². The van der Waals surface area contributed by atoms with Crippen molar-refractivity contribution in [2.24, 2.45) is 0 Å². The Hall–Kier alpha value is -2.56. The van der Waals surface area contributed by atoms with E-state index in [1.165, 1.54) is 0 Å². The summed E-state index contributed by atoms with van der Waals surface area (Å²) in [6.45, 7) is -0.252. The third kappa shape index (κ3) is 6.02. The molecule has 0 aromatic rings. The smallest absolute Gasteiger partial charge is 0.423 e. The molecule has 0 bridgehead atoms. The molecule has 2 aliphatic rings. The summed E-state index contributed by atoms with van der Waals surface area (Å²) in [5.41, 5.74) is 0. The lowest BCUT2D eigenvalue weighted by atomic mass is 10.2. The first-order chi connectivity index (χ1) is 15.1. The number of hydrogen-bond acceptors (Lipinski definition) is 10. The van der Waals surface area contributed by atoms with E-state index in [0.29, 0.717) is 25.7 Å². The minimum absolute atomic E-state index is 0.126. The first-order valence-electron chi connectivity index (χ1n) is 9.32. The van der Waals surface area contributed by atoms with E-state index in [4.69, 9.17) is 18.6 Å². The van der Waals surface area contributed by atoms with E-state index in [9.17, 15) is 37.2 Å². The summed E-state index contributed by atoms with van der Waals surface area (Å²) in [6, 6.07) is 0. The van der Waals surface area contributed by atoms with Gasteiger partial charge in [-0.25, -0.2) is 18.0 Å². The van der Waals surface area contributed by atoms with Crippen LogP contribution in [0.5, 0.6) is 0 Å². The van der Waals surface area contributed by atoms with Gasteiger partial charge in [0.05, 0.1) is 26.1 Å². The Morgan fingerprint density at radius 1 is 0.750 bits per heavy atom. The van der Waals surface area contributed by atoms with Gasteiger partial charge in [0, 0.05) is 0 Å². The van der Waals surface area contributed by atoms with Crippen molar-refractivity contribution in [2.45, 2.75) is 49.0 Å². The van der Waals surface area contributed by atoms with Gasteiger partial charge in [-0.1, -0.05) is 0 Å². The summed E-state index contributed by atoms with van der Waals surface area (Å²) in [4.78, 5) is 70.9. The molecule has 0 saturated carbocycles. The molecule has 2 N–H and O–H groups in total. The van der Waals surface area contributed by atoms with E-state index in [1.807, 2.05) is 0 Å². The quantitative estimate of drug-likeness (QED) is 0.236. The normalized spacial score (nSPS) is 22.9. The molecule has 2 fully saturated rings. The number of likely N-dealkylation sites (tertiary alicyclic amines) is 2. The van der Waals surface area contributed by atoms with Crippen molar-refractivity contribution in [3.05, 3.63) is 0 Å². The van der Waals surface area contributed by atoms with Gasteiger partial charge in [0.25, 0.3) is 11.8 Å². The largest absolute Gasteiger partial charge is 0.449 e. The molecule has 4 unspecified atom stereocenters. The first-order valence-corrected chi connectivity index (χ1v) is 11.7. The van der Waals surface area contributed by atoms with Crippen molar-refractivity contribution < 1.29 is 55.8 Å². The van der Waals surface area contributed by atoms with Gasteiger partial charge in [0.15, 0.2) is 22.2 Å². The van der Waals surface area contributed by atoms with Gasteiger partial charge in [0.2, 0.25) is 11.8 Å². The number of carbonyl (C=O) groups excluding carboxylic acids is 6. The maximum atomic E-state index is 11.8. The van der Waals surface area contributed by atoms with Crippen LogP contribution in [0.1, 0.15) is 38.5 Å². The Bertz CT molecular complexity index is 805. The van der Waals surface area contributed by atoms with Crippen LogP contribution in [0.3, 0.4) is 0 Å². The standard InChI is InChI=1S/C16H20N2O12S2/c19-11-7-9(31(25)26)13(21)17(11)15(23)29-5-3-1-2-4-6-30-16(24)18-12(20)8-10(14(18)22)32(27)28/h9-10H,1-8H2,(H,25,26)(H,27,28). The maximum absolute atomic E-state index is 11.8. The van der Waals surface area contributed by atoms with Crippen molar-refractivity contribution in [3.8, 4) is 0 Å². The molecule has 32 heavy (non-hydrogen) atoms. The molecule has 0 radical (unpaired) electrons. The summed E-state index contributed by atoms with van der Waals surface area (Å²) < 4.78 is 49.5. The number of rotatable bonds is 9. The molecule has 2 rings (SSSR count). The third-order valence-electron chi connectivity index (χ3n) is 4.55. The minimum atomic E-state index is -2.57. The lowest BCUT2D eigenvalue weighted by molar-refractivity contribution is -0.137. The monoisotopic (exact) mass is 496 g/mol. The fraction of sp³-hybridized carbons (Fsp3) is 0.625. The lowest BCUT2D eigenvalue weighted by Crippen LogP contribution is -2.39. The predicted molar refractivity (Wildman–Crippen MR) is 103 cm³/mol. The average molecular weight is 496 g/mol. The molecule has 0 aromatic heterocycles. The predicted octanol–water partition coefficient (Wildman–Crippen LogP) is -0.482. The Labute approximate surface area is 186 Å². The summed E-state index contributed by atoms with van der Waals surface area (Å²) in [6.07, 6.45) is -1.85. The number of carbonyl (C=O) groups is 6. The van der Waals surface area contributed by atoms with E-state index in [1.54, 1.807) is 0 Å². The highest BCUT2D eigenvalue weighted by Crippen LogP contribution is 2.19. The van der Waals surface area contributed by atoms with Gasteiger partial charge in [-0.05, 0) is 25.7 Å². The van der Waals surface area contributed by atoms with Crippen molar-refractivity contribution in [2.75, 3.05) is 13.2 Å². The molecule has 178 valence electrons. The molecule has 0 aromatic carbocycles. The van der Waals surface area contributed by atoms with Crippen LogP contribution in [0.25, 0.3) is 0 Å². The summed E-state index contributed by atoms with van der Waals surface area (Å²) in [7, 11) is 0. The second-order valence-corrected chi connectivity index (χ2v) is 8.96. The average Bonchev–Trinajstić information content (AvgIpc) is 3.18. The number of amides is 6. The number of nitrogens with zero attached hydrogens (tertiary/aromatic N) is 2. The zero-order valence-electron chi connectivity index (χ0n) is 16.5. The van der Waals surface area contributed by atoms with Crippen molar-refractivity contribution in [3.63, 3.8) is 0 Å². The second-order valence-electron chi connectivity index (χ2n) is 6.72. The van der Waals surface area contributed by atoms with Crippen LogP contribution in [0.15, 0.2) is 0 Å². The minimum Gasteiger partial charge on any atom is -0.449 e. The Balaban J connectivity index is 1.60. The molecule has 16 heteroatoms. The van der Waals surface area contributed by atoms with E-state index in [-0.39, 0.29) is 23.0 Å².